The van der Waals surface area contributed by atoms with Crippen LogP contribution in [0.5, 0.6) is 5.75 Å². The summed E-state index contributed by atoms with van der Waals surface area (Å²) in [7, 11) is 5.73. The Hall–Kier alpha value is -3.64. The van der Waals surface area contributed by atoms with Crippen molar-refractivity contribution in [2.24, 2.45) is 0 Å². The second kappa shape index (κ2) is 7.99. The van der Waals surface area contributed by atoms with Gasteiger partial charge in [0.05, 0.1) is 6.61 Å². The van der Waals surface area contributed by atoms with E-state index < -0.39 is 0 Å². The standard InChI is InChI=1S/C28H28N4O2/c1-31(2)28(33)18-6-4-17(5-7-18)24-14-30-27-23(24)11-21(13-29-27)20-10-22-16-32(3)15-19-8-9-34-25(12-20)26(19)22/h4-7,10-14,19H,8-9,15-16H2,1-3H3,(H,29,30). The number of aromatic amines is 1. The predicted molar refractivity (Wildman–Crippen MR) is 134 cm³/mol. The minimum absolute atomic E-state index is 0.000838. The monoisotopic (exact) mass is 452 g/mol. The summed E-state index contributed by atoms with van der Waals surface area (Å²) in [6, 6.07) is 14.5. The number of carbonyl (C=O) groups excluding carboxylic acids is 1. The molecule has 34 heavy (non-hydrogen) atoms. The fraction of sp³-hybridized carbons (Fsp3) is 0.286. The van der Waals surface area contributed by atoms with Gasteiger partial charge in [-0.25, -0.2) is 4.98 Å². The van der Waals surface area contributed by atoms with E-state index in [2.05, 4.69) is 35.1 Å². The summed E-state index contributed by atoms with van der Waals surface area (Å²) in [5.41, 5.74) is 8.63. The molecular formula is C28H28N4O2. The molecular weight excluding hydrogens is 424 g/mol. The Morgan fingerprint density at radius 3 is 2.74 bits per heavy atom. The molecule has 172 valence electrons. The number of fused-ring (bicyclic) bond motifs is 1. The van der Waals surface area contributed by atoms with Crippen LogP contribution in [-0.2, 0) is 6.54 Å². The smallest absolute Gasteiger partial charge is 0.253 e. The Morgan fingerprint density at radius 2 is 1.94 bits per heavy atom. The van der Waals surface area contributed by atoms with Crippen molar-refractivity contribution in [1.82, 2.24) is 19.8 Å². The van der Waals surface area contributed by atoms with Crippen LogP contribution in [0, 0.1) is 0 Å². The number of ether oxygens (including phenoxy) is 1. The van der Waals surface area contributed by atoms with Crippen molar-refractivity contribution in [2.75, 3.05) is 34.3 Å². The number of hydrogen-bond acceptors (Lipinski definition) is 4. The fourth-order valence-corrected chi connectivity index (χ4v) is 5.38. The van der Waals surface area contributed by atoms with Gasteiger partial charge in [0.1, 0.15) is 11.4 Å². The Bertz CT molecular complexity index is 1400. The van der Waals surface area contributed by atoms with Crippen LogP contribution in [0.2, 0.25) is 0 Å². The summed E-state index contributed by atoms with van der Waals surface area (Å²) in [6.07, 6.45) is 5.01. The number of H-pyrrole nitrogens is 1. The quantitative estimate of drug-likeness (QED) is 0.480. The van der Waals surface area contributed by atoms with Gasteiger partial charge in [0.15, 0.2) is 0 Å². The maximum atomic E-state index is 12.3. The van der Waals surface area contributed by atoms with E-state index in [1.165, 1.54) is 11.1 Å². The molecule has 6 heteroatoms. The zero-order chi connectivity index (χ0) is 23.4. The van der Waals surface area contributed by atoms with Gasteiger partial charge in [-0.3, -0.25) is 4.79 Å². The lowest BCUT2D eigenvalue weighted by molar-refractivity contribution is 0.0827. The van der Waals surface area contributed by atoms with Gasteiger partial charge < -0.3 is 19.5 Å². The molecule has 1 atom stereocenters. The number of carbonyl (C=O) groups is 1. The highest BCUT2D eigenvalue weighted by Gasteiger charge is 2.30. The number of hydrogen-bond donors (Lipinski definition) is 1. The number of aromatic nitrogens is 2. The molecule has 1 N–H and O–H groups in total. The number of amides is 1. The normalized spacial score (nSPS) is 17.3. The van der Waals surface area contributed by atoms with E-state index >= 15 is 0 Å². The number of nitrogens with zero attached hydrogens (tertiary/aromatic N) is 3. The molecule has 4 aromatic rings. The number of nitrogens with one attached hydrogen (secondary N) is 1. The first-order chi connectivity index (χ1) is 16.5. The lowest BCUT2D eigenvalue weighted by Gasteiger charge is -2.36. The van der Waals surface area contributed by atoms with Crippen LogP contribution in [0.4, 0.5) is 0 Å². The zero-order valence-electron chi connectivity index (χ0n) is 19.8. The lowest BCUT2D eigenvalue weighted by atomic mass is 9.84. The molecule has 0 fully saturated rings. The highest BCUT2D eigenvalue weighted by molar-refractivity contribution is 5.98. The van der Waals surface area contributed by atoms with Gasteiger partial charge in [0.2, 0.25) is 0 Å². The van der Waals surface area contributed by atoms with Gasteiger partial charge >= 0.3 is 0 Å². The minimum atomic E-state index is 0.000838. The topological polar surface area (TPSA) is 61.5 Å². The Labute approximate surface area is 199 Å². The van der Waals surface area contributed by atoms with Crippen molar-refractivity contribution < 1.29 is 9.53 Å². The molecule has 0 saturated heterocycles. The van der Waals surface area contributed by atoms with Crippen LogP contribution in [-0.4, -0.2) is 60.0 Å². The summed E-state index contributed by atoms with van der Waals surface area (Å²) in [4.78, 5) is 24.3. The predicted octanol–water partition coefficient (Wildman–Crippen LogP) is 4.91. The van der Waals surface area contributed by atoms with Gasteiger partial charge in [-0.15, -0.1) is 0 Å². The van der Waals surface area contributed by atoms with Gasteiger partial charge in [0.25, 0.3) is 5.91 Å². The van der Waals surface area contributed by atoms with E-state index in [-0.39, 0.29) is 5.91 Å². The molecule has 2 aliphatic rings. The zero-order valence-corrected chi connectivity index (χ0v) is 19.8. The Kier molecular flexibility index (Phi) is 4.92. The largest absolute Gasteiger partial charge is 0.493 e. The lowest BCUT2D eigenvalue weighted by Crippen LogP contribution is -2.33. The molecule has 2 aromatic heterocycles. The van der Waals surface area contributed by atoms with Gasteiger partial charge in [-0.1, -0.05) is 12.1 Å². The summed E-state index contributed by atoms with van der Waals surface area (Å²) >= 11 is 0. The third-order valence-electron chi connectivity index (χ3n) is 7.05. The van der Waals surface area contributed by atoms with E-state index in [9.17, 15) is 4.79 Å². The summed E-state index contributed by atoms with van der Waals surface area (Å²) in [5.74, 6) is 1.60. The SMILES string of the molecule is CN1Cc2cc(-c3cnc4[nH]cc(-c5ccc(C(=O)N(C)C)cc5)c4c3)cc3c2C(CCO3)C1. The molecule has 2 aromatic carbocycles. The highest BCUT2D eigenvalue weighted by atomic mass is 16.5. The molecule has 6 nitrogen and oxygen atoms in total. The number of benzene rings is 2. The van der Waals surface area contributed by atoms with Crippen LogP contribution in [0.1, 0.15) is 33.8 Å². The maximum absolute atomic E-state index is 12.3. The summed E-state index contributed by atoms with van der Waals surface area (Å²) < 4.78 is 6.10. The number of pyridine rings is 1. The van der Waals surface area contributed by atoms with E-state index in [0.717, 1.165) is 65.2 Å². The second-order valence-electron chi connectivity index (χ2n) is 9.68. The second-order valence-corrected chi connectivity index (χ2v) is 9.68. The van der Waals surface area contributed by atoms with Gasteiger partial charge in [-0.2, -0.15) is 0 Å². The molecule has 0 aliphatic carbocycles. The minimum Gasteiger partial charge on any atom is -0.493 e. The third-order valence-corrected chi connectivity index (χ3v) is 7.05. The van der Waals surface area contributed by atoms with Crippen molar-refractivity contribution in [1.29, 1.82) is 0 Å². The van der Waals surface area contributed by atoms with Crippen molar-refractivity contribution >= 4 is 16.9 Å². The van der Waals surface area contributed by atoms with Crippen molar-refractivity contribution in [3.8, 4) is 28.0 Å². The van der Waals surface area contributed by atoms with E-state index in [1.54, 1.807) is 19.0 Å². The first kappa shape index (κ1) is 20.9. The van der Waals surface area contributed by atoms with Gasteiger partial charge in [0, 0.05) is 73.1 Å². The molecule has 0 radical (unpaired) electrons. The van der Waals surface area contributed by atoms with Crippen LogP contribution in [0.3, 0.4) is 0 Å². The van der Waals surface area contributed by atoms with Crippen molar-refractivity contribution in [3.63, 3.8) is 0 Å². The van der Waals surface area contributed by atoms with Crippen molar-refractivity contribution in [2.45, 2.75) is 18.9 Å². The molecule has 0 spiro atoms. The summed E-state index contributed by atoms with van der Waals surface area (Å²) in [6.45, 7) is 2.82. The van der Waals surface area contributed by atoms with Crippen LogP contribution >= 0.6 is 0 Å². The first-order valence-electron chi connectivity index (χ1n) is 11.8. The Morgan fingerprint density at radius 1 is 1.12 bits per heavy atom. The maximum Gasteiger partial charge on any atom is 0.253 e. The van der Waals surface area contributed by atoms with Gasteiger partial charge in [-0.05, 0) is 60.5 Å². The van der Waals surface area contributed by atoms with Crippen LogP contribution < -0.4 is 4.74 Å². The highest BCUT2D eigenvalue weighted by Crippen LogP contribution is 2.43. The Balaban J connectivity index is 1.41. The number of rotatable bonds is 3. The van der Waals surface area contributed by atoms with Crippen LogP contribution in [0.25, 0.3) is 33.3 Å². The molecule has 1 unspecified atom stereocenters. The molecule has 0 saturated carbocycles. The average Bonchev–Trinajstić information content (AvgIpc) is 3.26. The molecule has 0 bridgehead atoms. The fourth-order valence-electron chi connectivity index (χ4n) is 5.38. The molecule has 2 aliphatic heterocycles. The van der Waals surface area contributed by atoms with E-state index in [4.69, 9.17) is 9.72 Å². The average molecular weight is 453 g/mol. The van der Waals surface area contributed by atoms with E-state index in [0.29, 0.717) is 11.5 Å². The van der Waals surface area contributed by atoms with Crippen LogP contribution in [0.15, 0.2) is 54.9 Å². The molecule has 6 rings (SSSR count). The summed E-state index contributed by atoms with van der Waals surface area (Å²) in [5, 5.41) is 1.06. The first-order valence-corrected chi connectivity index (χ1v) is 11.8. The number of likely N-dealkylation sites (N-methyl/N-ethyl adjacent to an activating group) is 1. The van der Waals surface area contributed by atoms with E-state index in [1.807, 2.05) is 36.7 Å². The molecule has 1 amide bonds. The van der Waals surface area contributed by atoms with Crippen molar-refractivity contribution in [3.05, 3.63) is 71.5 Å². The third kappa shape index (κ3) is 3.46. The molecule has 4 heterocycles.